The van der Waals surface area contributed by atoms with Crippen LogP contribution in [0.4, 0.5) is 0 Å². The highest BCUT2D eigenvalue weighted by Crippen LogP contribution is 2.14. The van der Waals surface area contributed by atoms with E-state index < -0.39 is 0 Å². The molecule has 2 heterocycles. The smallest absolute Gasteiger partial charge is 0.0641 e. The standard InChI is InChI=1S/C13H21N5/c1-10-7-15-18(8-10)6-5-14-11(2)13-9-17(4)16-12(13)3/h7-9,11,14H,5-6H2,1-4H3. The van der Waals surface area contributed by atoms with Crippen LogP contribution in [0, 0.1) is 13.8 Å². The summed E-state index contributed by atoms with van der Waals surface area (Å²) < 4.78 is 3.82. The normalized spacial score (nSPS) is 12.9. The first-order valence-corrected chi connectivity index (χ1v) is 6.29. The van der Waals surface area contributed by atoms with Crippen molar-refractivity contribution in [2.45, 2.75) is 33.4 Å². The second-order valence-electron chi connectivity index (χ2n) is 4.80. The fourth-order valence-electron chi connectivity index (χ4n) is 2.14. The van der Waals surface area contributed by atoms with Crippen molar-refractivity contribution in [2.75, 3.05) is 6.54 Å². The summed E-state index contributed by atoms with van der Waals surface area (Å²) in [4.78, 5) is 0. The Morgan fingerprint density at radius 2 is 2.11 bits per heavy atom. The number of hydrogen-bond donors (Lipinski definition) is 1. The zero-order valence-electron chi connectivity index (χ0n) is 11.5. The van der Waals surface area contributed by atoms with Gasteiger partial charge in [0.15, 0.2) is 0 Å². The quantitative estimate of drug-likeness (QED) is 0.872. The molecule has 2 aromatic rings. The highest BCUT2D eigenvalue weighted by molar-refractivity contribution is 5.19. The maximum absolute atomic E-state index is 4.36. The van der Waals surface area contributed by atoms with E-state index in [4.69, 9.17) is 0 Å². The van der Waals surface area contributed by atoms with Gasteiger partial charge in [-0.1, -0.05) is 0 Å². The largest absolute Gasteiger partial charge is 0.308 e. The van der Waals surface area contributed by atoms with Gasteiger partial charge in [-0.05, 0) is 26.3 Å². The second kappa shape index (κ2) is 5.35. The van der Waals surface area contributed by atoms with Gasteiger partial charge >= 0.3 is 0 Å². The summed E-state index contributed by atoms with van der Waals surface area (Å²) in [5.74, 6) is 0. The Bertz CT molecular complexity index is 511. The molecule has 1 atom stereocenters. The van der Waals surface area contributed by atoms with Crippen LogP contribution in [0.15, 0.2) is 18.6 Å². The number of nitrogens with one attached hydrogen (secondary N) is 1. The third-order valence-corrected chi connectivity index (χ3v) is 3.07. The average molecular weight is 247 g/mol. The van der Waals surface area contributed by atoms with Crippen molar-refractivity contribution >= 4 is 0 Å². The minimum Gasteiger partial charge on any atom is -0.308 e. The van der Waals surface area contributed by atoms with Gasteiger partial charge in [0.05, 0.1) is 18.4 Å². The summed E-state index contributed by atoms with van der Waals surface area (Å²) in [6.45, 7) is 8.05. The summed E-state index contributed by atoms with van der Waals surface area (Å²) in [7, 11) is 1.95. The monoisotopic (exact) mass is 247 g/mol. The minimum atomic E-state index is 0.315. The SMILES string of the molecule is Cc1cnn(CCNC(C)c2cn(C)nc2C)c1. The van der Waals surface area contributed by atoms with Gasteiger partial charge in [-0.2, -0.15) is 10.2 Å². The number of nitrogens with zero attached hydrogens (tertiary/aromatic N) is 4. The van der Waals surface area contributed by atoms with Crippen LogP contribution in [0.3, 0.4) is 0 Å². The van der Waals surface area contributed by atoms with Gasteiger partial charge in [0.2, 0.25) is 0 Å². The Hall–Kier alpha value is -1.62. The van der Waals surface area contributed by atoms with Crippen LogP contribution < -0.4 is 5.32 Å². The van der Waals surface area contributed by atoms with E-state index in [1.165, 1.54) is 11.1 Å². The van der Waals surface area contributed by atoms with E-state index in [1.807, 2.05) is 29.5 Å². The van der Waals surface area contributed by atoms with Crippen molar-refractivity contribution in [3.05, 3.63) is 35.4 Å². The maximum Gasteiger partial charge on any atom is 0.0641 e. The van der Waals surface area contributed by atoms with Crippen LogP contribution >= 0.6 is 0 Å². The fraction of sp³-hybridized carbons (Fsp3) is 0.538. The molecule has 0 fully saturated rings. The molecule has 0 saturated heterocycles. The average Bonchev–Trinajstić information content (AvgIpc) is 2.85. The van der Waals surface area contributed by atoms with Crippen molar-refractivity contribution in [1.29, 1.82) is 0 Å². The fourth-order valence-corrected chi connectivity index (χ4v) is 2.14. The molecule has 0 aliphatic heterocycles. The van der Waals surface area contributed by atoms with E-state index in [9.17, 15) is 0 Å². The molecule has 0 aromatic carbocycles. The predicted molar refractivity (Wildman–Crippen MR) is 71.3 cm³/mol. The van der Waals surface area contributed by atoms with E-state index >= 15 is 0 Å². The zero-order chi connectivity index (χ0) is 13.1. The first-order valence-electron chi connectivity index (χ1n) is 6.29. The molecule has 0 radical (unpaired) electrons. The lowest BCUT2D eigenvalue weighted by Crippen LogP contribution is -2.23. The Morgan fingerprint density at radius 1 is 1.33 bits per heavy atom. The Morgan fingerprint density at radius 3 is 2.67 bits per heavy atom. The highest BCUT2D eigenvalue weighted by Gasteiger charge is 2.10. The molecule has 5 nitrogen and oxygen atoms in total. The summed E-state index contributed by atoms with van der Waals surface area (Å²) in [5, 5.41) is 12.1. The summed E-state index contributed by atoms with van der Waals surface area (Å²) in [6.07, 6.45) is 6.02. The second-order valence-corrected chi connectivity index (χ2v) is 4.80. The Balaban J connectivity index is 1.85. The van der Waals surface area contributed by atoms with Crippen LogP contribution in [-0.4, -0.2) is 26.1 Å². The van der Waals surface area contributed by atoms with Gasteiger partial charge in [0.25, 0.3) is 0 Å². The lowest BCUT2D eigenvalue weighted by Gasteiger charge is -2.13. The molecule has 0 aliphatic rings. The minimum absolute atomic E-state index is 0.315. The molecular formula is C13H21N5. The Labute approximate surface area is 108 Å². The molecule has 18 heavy (non-hydrogen) atoms. The molecule has 0 saturated carbocycles. The van der Waals surface area contributed by atoms with Crippen molar-refractivity contribution < 1.29 is 0 Å². The van der Waals surface area contributed by atoms with E-state index in [2.05, 4.69) is 41.8 Å². The summed E-state index contributed by atoms with van der Waals surface area (Å²) in [5.41, 5.74) is 3.55. The van der Waals surface area contributed by atoms with Gasteiger partial charge in [0.1, 0.15) is 0 Å². The number of hydrogen-bond acceptors (Lipinski definition) is 3. The molecule has 1 unspecified atom stereocenters. The molecule has 1 N–H and O–H groups in total. The molecular weight excluding hydrogens is 226 g/mol. The summed E-state index contributed by atoms with van der Waals surface area (Å²) in [6, 6.07) is 0.315. The Kier molecular flexibility index (Phi) is 3.81. The van der Waals surface area contributed by atoms with Crippen molar-refractivity contribution in [3.63, 3.8) is 0 Å². The molecule has 2 aromatic heterocycles. The van der Waals surface area contributed by atoms with Crippen LogP contribution in [0.2, 0.25) is 0 Å². The van der Waals surface area contributed by atoms with Crippen LogP contribution in [0.1, 0.15) is 29.8 Å². The van der Waals surface area contributed by atoms with Crippen LogP contribution in [-0.2, 0) is 13.6 Å². The lowest BCUT2D eigenvalue weighted by molar-refractivity contribution is 0.506. The first-order chi connectivity index (χ1) is 8.56. The number of aromatic nitrogens is 4. The molecule has 0 aliphatic carbocycles. The highest BCUT2D eigenvalue weighted by atomic mass is 15.3. The summed E-state index contributed by atoms with van der Waals surface area (Å²) >= 11 is 0. The van der Waals surface area contributed by atoms with Crippen LogP contribution in [0.25, 0.3) is 0 Å². The zero-order valence-corrected chi connectivity index (χ0v) is 11.5. The van der Waals surface area contributed by atoms with E-state index in [1.54, 1.807) is 0 Å². The van der Waals surface area contributed by atoms with Crippen molar-refractivity contribution in [1.82, 2.24) is 24.9 Å². The van der Waals surface area contributed by atoms with E-state index in [0.717, 1.165) is 18.8 Å². The molecule has 0 amide bonds. The number of aryl methyl sites for hydroxylation is 3. The van der Waals surface area contributed by atoms with Gasteiger partial charge in [0, 0.05) is 37.6 Å². The first kappa shape index (κ1) is 12.8. The number of rotatable bonds is 5. The van der Waals surface area contributed by atoms with Gasteiger partial charge in [-0.15, -0.1) is 0 Å². The van der Waals surface area contributed by atoms with Gasteiger partial charge < -0.3 is 5.32 Å². The molecule has 0 spiro atoms. The molecule has 0 bridgehead atoms. The van der Waals surface area contributed by atoms with Crippen molar-refractivity contribution in [3.8, 4) is 0 Å². The van der Waals surface area contributed by atoms with Gasteiger partial charge in [-0.3, -0.25) is 9.36 Å². The molecule has 2 rings (SSSR count). The van der Waals surface area contributed by atoms with E-state index in [0.29, 0.717) is 6.04 Å². The topological polar surface area (TPSA) is 47.7 Å². The van der Waals surface area contributed by atoms with E-state index in [-0.39, 0.29) is 0 Å². The third kappa shape index (κ3) is 2.98. The molecule has 5 heteroatoms. The lowest BCUT2D eigenvalue weighted by atomic mass is 10.1. The third-order valence-electron chi connectivity index (χ3n) is 3.07. The molecule has 98 valence electrons. The maximum atomic E-state index is 4.36. The van der Waals surface area contributed by atoms with Crippen LogP contribution in [0.5, 0.6) is 0 Å². The van der Waals surface area contributed by atoms with Crippen molar-refractivity contribution in [2.24, 2.45) is 7.05 Å². The predicted octanol–water partition coefficient (Wildman–Crippen LogP) is 1.58. The van der Waals surface area contributed by atoms with Gasteiger partial charge in [-0.25, -0.2) is 0 Å².